The smallest absolute Gasteiger partial charge is 0.234 e. The van der Waals surface area contributed by atoms with Crippen molar-refractivity contribution in [2.75, 3.05) is 13.1 Å². The molecule has 3 heteroatoms. The second kappa shape index (κ2) is 8.70. The van der Waals surface area contributed by atoms with Gasteiger partial charge in [0.05, 0.1) is 12.6 Å². The Kier molecular flexibility index (Phi) is 7.19. The first kappa shape index (κ1) is 15.7. The van der Waals surface area contributed by atoms with Gasteiger partial charge in [0.2, 0.25) is 5.91 Å². The van der Waals surface area contributed by atoms with E-state index < -0.39 is 0 Å². The summed E-state index contributed by atoms with van der Waals surface area (Å²) in [4.78, 5) is 11.9. The van der Waals surface area contributed by atoms with Gasteiger partial charge in [0.1, 0.15) is 0 Å². The van der Waals surface area contributed by atoms with Gasteiger partial charge >= 0.3 is 0 Å². The largest absolute Gasteiger partial charge is 0.348 e. The van der Waals surface area contributed by atoms with E-state index in [9.17, 15) is 4.79 Å². The number of hydrogen-bond donors (Lipinski definition) is 2. The highest BCUT2D eigenvalue weighted by Crippen LogP contribution is 2.27. The summed E-state index contributed by atoms with van der Waals surface area (Å²) in [6.45, 7) is 7.57. The van der Waals surface area contributed by atoms with Crippen molar-refractivity contribution in [3.8, 4) is 0 Å². The highest BCUT2D eigenvalue weighted by molar-refractivity contribution is 5.78. The molecule has 1 atom stereocenters. The molecule has 1 aromatic carbocycles. The summed E-state index contributed by atoms with van der Waals surface area (Å²) in [7, 11) is 0. The maximum absolute atomic E-state index is 11.9. The molecule has 0 heterocycles. The number of amides is 1. The van der Waals surface area contributed by atoms with Gasteiger partial charge in [0.25, 0.3) is 0 Å². The summed E-state index contributed by atoms with van der Waals surface area (Å²) in [5.74, 6) is 0.551. The van der Waals surface area contributed by atoms with Crippen molar-refractivity contribution in [3.05, 3.63) is 35.9 Å². The molecule has 1 unspecified atom stereocenters. The van der Waals surface area contributed by atoms with Crippen LogP contribution in [0.3, 0.4) is 0 Å². The molecular weight excluding hydrogens is 236 g/mol. The highest BCUT2D eigenvalue weighted by Gasteiger charge is 2.21. The molecule has 0 radical (unpaired) electrons. The van der Waals surface area contributed by atoms with E-state index in [-0.39, 0.29) is 11.9 Å². The van der Waals surface area contributed by atoms with Crippen molar-refractivity contribution >= 4 is 5.91 Å². The lowest BCUT2D eigenvalue weighted by Gasteiger charge is -2.27. The summed E-state index contributed by atoms with van der Waals surface area (Å²) in [6.07, 6.45) is 2.13. The minimum Gasteiger partial charge on any atom is -0.348 e. The third kappa shape index (κ3) is 5.03. The van der Waals surface area contributed by atoms with Crippen LogP contribution in [0.25, 0.3) is 0 Å². The molecule has 0 spiro atoms. The molecule has 106 valence electrons. The van der Waals surface area contributed by atoms with Gasteiger partial charge in [-0.15, -0.1) is 0 Å². The minimum atomic E-state index is 0.0719. The molecule has 0 saturated heterocycles. The monoisotopic (exact) mass is 262 g/mol. The summed E-state index contributed by atoms with van der Waals surface area (Å²) in [5.41, 5.74) is 1.20. The molecule has 1 aromatic rings. The first-order valence-corrected chi connectivity index (χ1v) is 7.27. The van der Waals surface area contributed by atoms with Gasteiger partial charge in [-0.3, -0.25) is 4.79 Å². The Morgan fingerprint density at radius 1 is 1.11 bits per heavy atom. The van der Waals surface area contributed by atoms with Crippen LogP contribution in [-0.2, 0) is 4.79 Å². The molecule has 0 aromatic heterocycles. The fourth-order valence-electron chi connectivity index (χ4n) is 2.36. The van der Waals surface area contributed by atoms with E-state index in [0.717, 1.165) is 19.4 Å². The van der Waals surface area contributed by atoms with Crippen LogP contribution in [0.2, 0.25) is 0 Å². The number of benzene rings is 1. The van der Waals surface area contributed by atoms with Crippen molar-refractivity contribution in [2.45, 2.75) is 39.7 Å². The van der Waals surface area contributed by atoms with Crippen LogP contribution in [0, 0.1) is 5.92 Å². The first-order valence-electron chi connectivity index (χ1n) is 7.27. The zero-order valence-corrected chi connectivity index (χ0v) is 12.3. The van der Waals surface area contributed by atoms with Gasteiger partial charge in [-0.2, -0.15) is 0 Å². The molecule has 0 aliphatic carbocycles. The number of carbonyl (C=O) groups excluding carboxylic acids is 1. The summed E-state index contributed by atoms with van der Waals surface area (Å²) < 4.78 is 0. The van der Waals surface area contributed by atoms with Crippen LogP contribution < -0.4 is 10.6 Å². The van der Waals surface area contributed by atoms with E-state index in [4.69, 9.17) is 0 Å². The van der Waals surface area contributed by atoms with Gasteiger partial charge in [0, 0.05) is 0 Å². The van der Waals surface area contributed by atoms with Gasteiger partial charge in [-0.25, -0.2) is 0 Å². The maximum Gasteiger partial charge on any atom is 0.234 e. The van der Waals surface area contributed by atoms with Crippen molar-refractivity contribution in [1.82, 2.24) is 10.6 Å². The second-order valence-electron chi connectivity index (χ2n) is 4.81. The zero-order valence-electron chi connectivity index (χ0n) is 12.3. The SMILES string of the molecule is CCNCC(=O)NC(c1ccccc1)C(CC)CC. The second-order valence-corrected chi connectivity index (χ2v) is 4.81. The summed E-state index contributed by atoms with van der Waals surface area (Å²) >= 11 is 0. The van der Waals surface area contributed by atoms with Crippen molar-refractivity contribution in [1.29, 1.82) is 0 Å². The summed E-state index contributed by atoms with van der Waals surface area (Å²) in [5, 5.41) is 6.24. The Morgan fingerprint density at radius 3 is 2.26 bits per heavy atom. The van der Waals surface area contributed by atoms with Crippen LogP contribution >= 0.6 is 0 Å². The lowest BCUT2D eigenvalue weighted by Crippen LogP contribution is -2.38. The Bertz CT molecular complexity index is 360. The number of nitrogens with one attached hydrogen (secondary N) is 2. The van der Waals surface area contributed by atoms with Gasteiger partial charge < -0.3 is 10.6 Å². The normalized spacial score (nSPS) is 12.4. The quantitative estimate of drug-likeness (QED) is 0.756. The molecule has 1 rings (SSSR count). The number of rotatable bonds is 8. The Balaban J connectivity index is 2.78. The maximum atomic E-state index is 11.9. The van der Waals surface area contributed by atoms with Gasteiger partial charge in [0.15, 0.2) is 0 Å². The average molecular weight is 262 g/mol. The van der Waals surface area contributed by atoms with Gasteiger partial charge in [-0.1, -0.05) is 63.9 Å². The fraction of sp³-hybridized carbons (Fsp3) is 0.562. The molecule has 0 aliphatic heterocycles. The lowest BCUT2D eigenvalue weighted by atomic mass is 9.89. The fourth-order valence-corrected chi connectivity index (χ4v) is 2.36. The standard InChI is InChI=1S/C16H26N2O/c1-4-13(5-2)16(14-10-8-7-9-11-14)18-15(19)12-17-6-3/h7-11,13,16-17H,4-6,12H2,1-3H3,(H,18,19). The van der Waals surface area contributed by atoms with Crippen LogP contribution in [-0.4, -0.2) is 19.0 Å². The lowest BCUT2D eigenvalue weighted by molar-refractivity contribution is -0.121. The number of likely N-dealkylation sites (N-methyl/N-ethyl adjacent to an activating group) is 1. The molecule has 2 N–H and O–H groups in total. The molecule has 0 fully saturated rings. The van der Waals surface area contributed by atoms with E-state index in [1.165, 1.54) is 5.56 Å². The number of carbonyl (C=O) groups is 1. The van der Waals surface area contributed by atoms with E-state index in [1.807, 2.05) is 25.1 Å². The topological polar surface area (TPSA) is 41.1 Å². The predicted molar refractivity (Wildman–Crippen MR) is 79.9 cm³/mol. The van der Waals surface area contributed by atoms with Crippen molar-refractivity contribution < 1.29 is 4.79 Å². The molecule has 0 saturated carbocycles. The summed E-state index contributed by atoms with van der Waals surface area (Å²) in [6, 6.07) is 10.4. The van der Waals surface area contributed by atoms with E-state index in [2.05, 4.69) is 36.6 Å². The molecule has 0 aliphatic rings. The highest BCUT2D eigenvalue weighted by atomic mass is 16.1. The third-order valence-electron chi connectivity index (χ3n) is 3.53. The van der Waals surface area contributed by atoms with Crippen molar-refractivity contribution in [3.63, 3.8) is 0 Å². The molecular formula is C16H26N2O. The van der Waals surface area contributed by atoms with Crippen LogP contribution in [0.5, 0.6) is 0 Å². The van der Waals surface area contributed by atoms with Crippen molar-refractivity contribution in [2.24, 2.45) is 5.92 Å². The predicted octanol–water partition coefficient (Wildman–Crippen LogP) is 2.89. The third-order valence-corrected chi connectivity index (χ3v) is 3.53. The first-order chi connectivity index (χ1) is 9.22. The van der Waals surface area contributed by atoms with Crippen LogP contribution in [0.15, 0.2) is 30.3 Å². The zero-order chi connectivity index (χ0) is 14.1. The van der Waals surface area contributed by atoms with Gasteiger partial charge in [-0.05, 0) is 18.0 Å². The minimum absolute atomic E-state index is 0.0719. The number of hydrogen-bond acceptors (Lipinski definition) is 2. The van der Waals surface area contributed by atoms with E-state index >= 15 is 0 Å². The van der Waals surface area contributed by atoms with E-state index in [1.54, 1.807) is 0 Å². The molecule has 1 amide bonds. The van der Waals surface area contributed by atoms with Crippen LogP contribution in [0.1, 0.15) is 45.2 Å². The average Bonchev–Trinajstić information content (AvgIpc) is 2.46. The van der Waals surface area contributed by atoms with Crippen LogP contribution in [0.4, 0.5) is 0 Å². The Labute approximate surface area is 116 Å². The van der Waals surface area contributed by atoms with E-state index in [0.29, 0.717) is 12.5 Å². The Morgan fingerprint density at radius 2 is 1.74 bits per heavy atom. The molecule has 0 bridgehead atoms. The molecule has 3 nitrogen and oxygen atoms in total. The molecule has 19 heavy (non-hydrogen) atoms. The Hall–Kier alpha value is -1.35.